The van der Waals surface area contributed by atoms with Gasteiger partial charge in [0.25, 0.3) is 0 Å². The molecule has 2 rings (SSSR count). The van der Waals surface area contributed by atoms with E-state index in [2.05, 4.69) is 20.3 Å². The molecule has 0 fully saturated rings. The molecule has 0 aliphatic carbocycles. The number of hydrazone groups is 1. The molecule has 2 aromatic heterocycles. The van der Waals surface area contributed by atoms with Crippen molar-refractivity contribution in [2.24, 2.45) is 5.10 Å². The Labute approximate surface area is 105 Å². The first-order chi connectivity index (χ1) is 8.59. The number of aromatic nitrogens is 2. The second kappa shape index (κ2) is 4.84. The van der Waals surface area contributed by atoms with Crippen LogP contribution in [0.5, 0.6) is 0 Å². The zero-order valence-corrected chi connectivity index (χ0v) is 10.1. The number of carbonyl (C=O) groups is 1. The van der Waals surface area contributed by atoms with Gasteiger partial charge in [0.2, 0.25) is 0 Å². The maximum atomic E-state index is 11.6. The summed E-state index contributed by atoms with van der Waals surface area (Å²) >= 11 is 1.48. The van der Waals surface area contributed by atoms with Gasteiger partial charge >= 0.3 is 17.4 Å². The topological polar surface area (TPSA) is 120 Å². The highest BCUT2D eigenvalue weighted by atomic mass is 32.1. The number of nitrogens with two attached hydrogens (primary N) is 1. The van der Waals surface area contributed by atoms with Crippen molar-refractivity contribution >= 4 is 28.8 Å². The van der Waals surface area contributed by atoms with Crippen LogP contribution in [0.1, 0.15) is 22.3 Å². The summed E-state index contributed by atoms with van der Waals surface area (Å²) < 4.78 is 4.17. The summed E-state index contributed by atoms with van der Waals surface area (Å²) in [5.41, 5.74) is 7.72. The molecule has 3 N–H and O–H groups in total. The molecule has 94 valence electrons. The van der Waals surface area contributed by atoms with Crippen LogP contribution in [0.15, 0.2) is 27.2 Å². The molecule has 0 unspecified atom stereocenters. The molecular formula is C9H9N5O3S. The second-order valence-corrected chi connectivity index (χ2v) is 4.23. The van der Waals surface area contributed by atoms with Crippen LogP contribution in [-0.2, 0) is 0 Å². The highest BCUT2D eigenvalue weighted by molar-refractivity contribution is 7.12. The number of nitrogen functional groups attached to an aromatic ring is 1. The molecule has 0 saturated carbocycles. The van der Waals surface area contributed by atoms with Gasteiger partial charge in [0.15, 0.2) is 0 Å². The van der Waals surface area contributed by atoms with Crippen LogP contribution >= 0.6 is 11.3 Å². The van der Waals surface area contributed by atoms with Gasteiger partial charge in [0.1, 0.15) is 0 Å². The normalized spacial score (nSPS) is 11.5. The molecule has 0 aliphatic rings. The summed E-state index contributed by atoms with van der Waals surface area (Å²) in [5, 5.41) is 20.0. The first-order valence-electron chi connectivity index (χ1n) is 4.83. The Morgan fingerprint density at radius 1 is 1.72 bits per heavy atom. The number of hydrogen-bond donors (Lipinski definition) is 2. The minimum Gasteiger partial charge on any atom is -0.359 e. The van der Waals surface area contributed by atoms with Gasteiger partial charge in [-0.05, 0) is 23.3 Å². The van der Waals surface area contributed by atoms with Crippen molar-refractivity contribution in [3.05, 3.63) is 33.3 Å². The number of rotatable bonds is 3. The first-order valence-corrected chi connectivity index (χ1v) is 5.71. The molecule has 0 aromatic carbocycles. The van der Waals surface area contributed by atoms with E-state index >= 15 is 0 Å². The molecular weight excluding hydrogens is 258 g/mol. The predicted molar refractivity (Wildman–Crippen MR) is 63.9 cm³/mol. The quantitative estimate of drug-likeness (QED) is 0.464. The lowest BCUT2D eigenvalue weighted by molar-refractivity contribution is -0.803. The maximum absolute atomic E-state index is 11.6. The van der Waals surface area contributed by atoms with Crippen molar-refractivity contribution in [3.63, 3.8) is 0 Å². The number of amides is 1. The van der Waals surface area contributed by atoms with E-state index in [1.54, 1.807) is 6.92 Å². The van der Waals surface area contributed by atoms with Crippen LogP contribution in [0, 0.1) is 5.21 Å². The molecule has 8 nitrogen and oxygen atoms in total. The van der Waals surface area contributed by atoms with Crippen LogP contribution < -0.4 is 16.1 Å². The third-order valence-corrected chi connectivity index (χ3v) is 3.04. The van der Waals surface area contributed by atoms with Gasteiger partial charge in [-0.1, -0.05) is 6.07 Å². The summed E-state index contributed by atoms with van der Waals surface area (Å²) in [4.78, 5) is 12.4. The van der Waals surface area contributed by atoms with Crippen molar-refractivity contribution in [1.29, 1.82) is 0 Å². The van der Waals surface area contributed by atoms with Crippen LogP contribution in [0.4, 0.5) is 5.82 Å². The monoisotopic (exact) mass is 267 g/mol. The van der Waals surface area contributed by atoms with E-state index in [1.807, 2.05) is 17.5 Å². The van der Waals surface area contributed by atoms with E-state index in [1.165, 1.54) is 11.3 Å². The van der Waals surface area contributed by atoms with E-state index in [0.717, 1.165) is 4.88 Å². The second-order valence-electron chi connectivity index (χ2n) is 3.28. The van der Waals surface area contributed by atoms with Crippen molar-refractivity contribution in [2.45, 2.75) is 6.92 Å². The van der Waals surface area contributed by atoms with Crippen molar-refractivity contribution < 1.29 is 14.3 Å². The van der Waals surface area contributed by atoms with Crippen molar-refractivity contribution in [3.8, 4) is 0 Å². The molecule has 0 spiro atoms. The number of anilines is 1. The summed E-state index contributed by atoms with van der Waals surface area (Å²) in [6.45, 7) is 1.73. The fourth-order valence-corrected chi connectivity index (χ4v) is 1.86. The number of nitrogens with one attached hydrogen (secondary N) is 1. The van der Waals surface area contributed by atoms with Gasteiger partial charge in [-0.25, -0.2) is 5.43 Å². The van der Waals surface area contributed by atoms with Crippen LogP contribution in [0.3, 0.4) is 0 Å². The lowest BCUT2D eigenvalue weighted by atomic mass is 10.3. The third kappa shape index (κ3) is 2.30. The Morgan fingerprint density at radius 2 is 2.50 bits per heavy atom. The average molecular weight is 267 g/mol. The van der Waals surface area contributed by atoms with Gasteiger partial charge in [-0.3, -0.25) is 9.42 Å². The SMILES string of the molecule is CC(=NNC(=O)c1c(N)no[n+]1[O-])c1cccs1. The Morgan fingerprint density at radius 3 is 3.06 bits per heavy atom. The number of hydrogen-bond acceptors (Lipinski definition) is 7. The fraction of sp³-hybridized carbons (Fsp3) is 0.111. The number of thiophene rings is 1. The maximum Gasteiger partial charge on any atom is 0.322 e. The fourth-order valence-electron chi connectivity index (χ4n) is 1.18. The van der Waals surface area contributed by atoms with Gasteiger partial charge in [0.05, 0.1) is 10.9 Å². The summed E-state index contributed by atoms with van der Waals surface area (Å²) in [7, 11) is 0. The summed E-state index contributed by atoms with van der Waals surface area (Å²) in [6.07, 6.45) is 0. The third-order valence-electron chi connectivity index (χ3n) is 2.06. The predicted octanol–water partition coefficient (Wildman–Crippen LogP) is 0.106. The Balaban J connectivity index is 2.12. The van der Waals surface area contributed by atoms with E-state index in [9.17, 15) is 10.0 Å². The lowest BCUT2D eigenvalue weighted by Gasteiger charge is -1.98. The Kier molecular flexibility index (Phi) is 3.24. The van der Waals surface area contributed by atoms with Gasteiger partial charge in [-0.2, -0.15) is 5.10 Å². The molecule has 2 aromatic rings. The van der Waals surface area contributed by atoms with Crippen molar-refractivity contribution in [1.82, 2.24) is 10.6 Å². The van der Waals surface area contributed by atoms with Crippen molar-refractivity contribution in [2.75, 3.05) is 5.73 Å². The minimum absolute atomic E-state index is 0.0688. The molecule has 0 aliphatic heterocycles. The highest BCUT2D eigenvalue weighted by Crippen LogP contribution is 2.09. The largest absolute Gasteiger partial charge is 0.359 e. The zero-order chi connectivity index (χ0) is 13.1. The van der Waals surface area contributed by atoms with E-state index in [0.29, 0.717) is 5.71 Å². The van der Waals surface area contributed by atoms with E-state index in [-0.39, 0.29) is 10.7 Å². The van der Waals surface area contributed by atoms with E-state index in [4.69, 9.17) is 5.73 Å². The Hall–Kier alpha value is -2.42. The molecule has 18 heavy (non-hydrogen) atoms. The van der Waals surface area contributed by atoms with Crippen LogP contribution in [-0.4, -0.2) is 16.8 Å². The summed E-state index contributed by atoms with van der Waals surface area (Å²) in [5.74, 6) is -1.06. The average Bonchev–Trinajstić information content (AvgIpc) is 2.96. The van der Waals surface area contributed by atoms with Gasteiger partial charge < -0.3 is 10.9 Å². The lowest BCUT2D eigenvalue weighted by Crippen LogP contribution is -2.36. The highest BCUT2D eigenvalue weighted by Gasteiger charge is 2.24. The Bertz CT molecular complexity index is 570. The molecule has 9 heteroatoms. The number of carbonyl (C=O) groups excluding carboxylic acids is 1. The summed E-state index contributed by atoms with van der Waals surface area (Å²) in [6, 6.07) is 3.72. The zero-order valence-electron chi connectivity index (χ0n) is 9.28. The van der Waals surface area contributed by atoms with Crippen LogP contribution in [0.25, 0.3) is 0 Å². The number of nitrogens with zero attached hydrogens (tertiary/aromatic N) is 3. The standard InChI is InChI=1S/C9H9N5O3S/c1-5(6-3-2-4-18-6)11-12-9(15)7-8(10)13-17-14(7)16/h2-4H,1H3,(H2,10,13)(H,12,15). The molecule has 1 amide bonds. The van der Waals surface area contributed by atoms with Crippen LogP contribution in [0.2, 0.25) is 0 Å². The first kappa shape index (κ1) is 12.0. The molecule has 2 heterocycles. The molecule has 0 bridgehead atoms. The van der Waals surface area contributed by atoms with E-state index < -0.39 is 11.6 Å². The van der Waals surface area contributed by atoms with Gasteiger partial charge in [-0.15, -0.1) is 11.3 Å². The minimum atomic E-state index is -0.778. The molecule has 0 saturated heterocycles. The van der Waals surface area contributed by atoms with Gasteiger partial charge in [0, 0.05) is 4.88 Å². The molecule has 0 radical (unpaired) electrons. The molecule has 0 atom stereocenters. The smallest absolute Gasteiger partial charge is 0.322 e.